The van der Waals surface area contributed by atoms with E-state index in [0.29, 0.717) is 17.3 Å². The van der Waals surface area contributed by atoms with Crippen LogP contribution in [0.3, 0.4) is 0 Å². The number of nitrogens with zero attached hydrogens (tertiary/aromatic N) is 2. The number of nitrogens with one attached hydrogen (secondary N) is 2. The summed E-state index contributed by atoms with van der Waals surface area (Å²) in [5.74, 6) is 0.537. The van der Waals surface area contributed by atoms with Crippen molar-refractivity contribution in [2.75, 3.05) is 12.4 Å². The number of hydrogen-bond donors (Lipinski definition) is 2. The molecule has 2 aromatic carbocycles. The van der Waals surface area contributed by atoms with E-state index in [2.05, 4.69) is 39.9 Å². The number of aryl methyl sites for hydroxylation is 1. The number of carbonyl (C=O) groups excluding carboxylic acids is 1. The van der Waals surface area contributed by atoms with Gasteiger partial charge in [0.2, 0.25) is 0 Å². The Morgan fingerprint density at radius 1 is 1.10 bits per heavy atom. The molecule has 4 aromatic rings. The molecular weight excluding hydrogens is 412 g/mol. The molecule has 0 aliphatic heterocycles. The zero-order chi connectivity index (χ0) is 21.6. The highest BCUT2D eigenvalue weighted by atomic mass is 32.1. The third-order valence-electron chi connectivity index (χ3n) is 4.41. The van der Waals surface area contributed by atoms with E-state index in [9.17, 15) is 4.79 Å². The summed E-state index contributed by atoms with van der Waals surface area (Å²) in [5.41, 5.74) is 6.94. The molecule has 0 fully saturated rings. The minimum absolute atomic E-state index is 0.318. The number of hydrazone groups is 1. The molecule has 4 rings (SSSR count). The van der Waals surface area contributed by atoms with Crippen molar-refractivity contribution >= 4 is 34.3 Å². The van der Waals surface area contributed by atoms with E-state index < -0.39 is 0 Å². The lowest BCUT2D eigenvalue weighted by Crippen LogP contribution is -2.17. The second-order valence-electron chi connectivity index (χ2n) is 6.67. The molecule has 0 saturated heterocycles. The van der Waals surface area contributed by atoms with Gasteiger partial charge in [0.05, 0.1) is 19.0 Å². The first-order valence-corrected chi connectivity index (χ1v) is 10.4. The third kappa shape index (κ3) is 5.18. The highest BCUT2D eigenvalue weighted by Gasteiger charge is 2.08. The van der Waals surface area contributed by atoms with Gasteiger partial charge in [0.1, 0.15) is 0 Å². The van der Waals surface area contributed by atoms with Crippen molar-refractivity contribution < 1.29 is 13.9 Å². The molecule has 2 heterocycles. The van der Waals surface area contributed by atoms with Gasteiger partial charge in [-0.2, -0.15) is 5.10 Å². The van der Waals surface area contributed by atoms with Crippen LogP contribution in [0.1, 0.15) is 21.7 Å². The van der Waals surface area contributed by atoms with Crippen molar-refractivity contribution in [3.63, 3.8) is 0 Å². The van der Waals surface area contributed by atoms with E-state index in [1.54, 1.807) is 24.3 Å². The lowest BCUT2D eigenvalue weighted by molar-refractivity contribution is 0.0955. The van der Waals surface area contributed by atoms with Crippen molar-refractivity contribution in [1.29, 1.82) is 0 Å². The van der Waals surface area contributed by atoms with Gasteiger partial charge in [0.25, 0.3) is 11.9 Å². The van der Waals surface area contributed by atoms with E-state index in [1.165, 1.54) is 30.2 Å². The van der Waals surface area contributed by atoms with Gasteiger partial charge in [0, 0.05) is 28.3 Å². The Balaban J connectivity index is 1.37. The maximum atomic E-state index is 12.3. The van der Waals surface area contributed by atoms with Crippen molar-refractivity contribution in [1.82, 2.24) is 10.4 Å². The Labute approximate surface area is 183 Å². The molecule has 0 bridgehead atoms. The fraction of sp³-hybridized carbons (Fsp3) is 0.0870. The second kappa shape index (κ2) is 9.27. The van der Waals surface area contributed by atoms with Crippen LogP contribution in [0.4, 0.5) is 10.8 Å². The van der Waals surface area contributed by atoms with Crippen LogP contribution in [0.2, 0.25) is 0 Å². The predicted molar refractivity (Wildman–Crippen MR) is 122 cm³/mol. The fourth-order valence-corrected chi connectivity index (χ4v) is 3.49. The number of benzene rings is 2. The highest BCUT2D eigenvalue weighted by Crippen LogP contribution is 2.27. The monoisotopic (exact) mass is 432 g/mol. The average Bonchev–Trinajstić information content (AvgIpc) is 3.45. The Hall–Kier alpha value is -3.91. The first kappa shape index (κ1) is 20.4. The number of ether oxygens (including phenoxy) is 1. The zero-order valence-corrected chi connectivity index (χ0v) is 17.8. The van der Waals surface area contributed by atoms with E-state index >= 15 is 0 Å². The normalized spacial score (nSPS) is 10.9. The van der Waals surface area contributed by atoms with Gasteiger partial charge in [-0.15, -0.1) is 11.3 Å². The molecule has 8 heteroatoms. The van der Waals surface area contributed by atoms with Crippen molar-refractivity contribution in [3.8, 4) is 17.2 Å². The molecular formula is C23H20N4O3S. The van der Waals surface area contributed by atoms with Gasteiger partial charge in [0.15, 0.2) is 10.9 Å². The molecule has 2 N–H and O–H groups in total. The molecule has 0 unspecified atom stereocenters. The van der Waals surface area contributed by atoms with Crippen LogP contribution in [0, 0.1) is 6.92 Å². The van der Waals surface area contributed by atoms with E-state index in [1.807, 2.05) is 29.6 Å². The summed E-state index contributed by atoms with van der Waals surface area (Å²) in [6.45, 7) is 2.05. The van der Waals surface area contributed by atoms with Crippen LogP contribution in [-0.2, 0) is 0 Å². The Kier molecular flexibility index (Phi) is 6.09. The molecule has 7 nitrogen and oxygen atoms in total. The number of methoxy groups -OCH3 is 1. The first-order valence-electron chi connectivity index (χ1n) is 9.47. The molecule has 0 radical (unpaired) electrons. The van der Waals surface area contributed by atoms with Crippen LogP contribution in [-0.4, -0.2) is 24.2 Å². The van der Waals surface area contributed by atoms with Gasteiger partial charge in [-0.25, -0.2) is 10.4 Å². The topological polar surface area (TPSA) is 88.8 Å². The molecule has 0 aliphatic carbocycles. The second-order valence-corrected chi connectivity index (χ2v) is 7.52. The van der Waals surface area contributed by atoms with Crippen LogP contribution in [0.25, 0.3) is 11.3 Å². The molecule has 1 amide bonds. The number of carbonyl (C=O) groups is 1. The minimum atomic E-state index is -0.318. The molecule has 0 spiro atoms. The number of hydrogen-bond acceptors (Lipinski definition) is 7. The van der Waals surface area contributed by atoms with Gasteiger partial charge >= 0.3 is 0 Å². The molecule has 0 aliphatic rings. The predicted octanol–water partition coefficient (Wildman–Crippen LogP) is 5.23. The summed E-state index contributed by atoms with van der Waals surface area (Å²) in [5, 5.41) is 10.00. The number of amides is 1. The number of anilines is 2. The Bertz CT molecular complexity index is 1190. The molecule has 31 heavy (non-hydrogen) atoms. The summed E-state index contributed by atoms with van der Waals surface area (Å²) in [6.07, 6.45) is 1.41. The Morgan fingerprint density at radius 3 is 2.58 bits per heavy atom. The minimum Gasteiger partial charge on any atom is -0.468 e. The summed E-state index contributed by atoms with van der Waals surface area (Å²) in [4.78, 5) is 16.9. The fourth-order valence-electron chi connectivity index (χ4n) is 2.75. The molecule has 0 saturated carbocycles. The maximum absolute atomic E-state index is 12.3. The first-order chi connectivity index (χ1) is 15.1. The van der Waals surface area contributed by atoms with Gasteiger partial charge < -0.3 is 14.5 Å². The largest absolute Gasteiger partial charge is 0.468 e. The number of furan rings is 1. The van der Waals surface area contributed by atoms with E-state index in [4.69, 9.17) is 9.15 Å². The van der Waals surface area contributed by atoms with Crippen molar-refractivity contribution in [2.24, 2.45) is 5.10 Å². The highest BCUT2D eigenvalue weighted by molar-refractivity contribution is 7.14. The summed E-state index contributed by atoms with van der Waals surface area (Å²) in [7, 11) is 1.51. The number of thiazole rings is 1. The Morgan fingerprint density at radius 2 is 1.87 bits per heavy atom. The quantitative estimate of drug-likeness (QED) is 0.308. The molecule has 0 atom stereocenters. The number of aromatic nitrogens is 1. The third-order valence-corrected chi connectivity index (χ3v) is 5.17. The van der Waals surface area contributed by atoms with Gasteiger partial charge in [-0.05, 0) is 37.3 Å². The lowest BCUT2D eigenvalue weighted by Gasteiger charge is -2.03. The zero-order valence-electron chi connectivity index (χ0n) is 17.0. The number of rotatable bonds is 7. The van der Waals surface area contributed by atoms with Crippen LogP contribution in [0.15, 0.2) is 75.6 Å². The van der Waals surface area contributed by atoms with Gasteiger partial charge in [-0.3, -0.25) is 4.79 Å². The molecule has 156 valence electrons. The molecule has 2 aromatic heterocycles. The SMILES string of the molecule is COc1ccc(/C=N\NC(=O)c2ccc(-c3csc(Nc4ccc(C)cc4)n3)cc2)o1. The average molecular weight is 433 g/mol. The van der Waals surface area contributed by atoms with Crippen LogP contribution >= 0.6 is 11.3 Å². The smallest absolute Gasteiger partial charge is 0.284 e. The van der Waals surface area contributed by atoms with E-state index in [0.717, 1.165) is 22.1 Å². The van der Waals surface area contributed by atoms with E-state index in [-0.39, 0.29) is 5.91 Å². The summed E-state index contributed by atoms with van der Waals surface area (Å²) >= 11 is 1.53. The van der Waals surface area contributed by atoms with Crippen LogP contribution < -0.4 is 15.5 Å². The lowest BCUT2D eigenvalue weighted by atomic mass is 10.1. The standard InChI is InChI=1S/C23H20N4O3S/c1-15-3-9-18(10-4-15)25-23-26-20(14-31-23)16-5-7-17(8-6-16)22(28)27-24-13-19-11-12-21(29-2)30-19/h3-14H,1-2H3,(H,25,26)(H,27,28)/b24-13-. The maximum Gasteiger partial charge on any atom is 0.284 e. The summed E-state index contributed by atoms with van der Waals surface area (Å²) < 4.78 is 10.2. The van der Waals surface area contributed by atoms with Crippen molar-refractivity contribution in [2.45, 2.75) is 6.92 Å². The summed E-state index contributed by atoms with van der Waals surface area (Å²) in [6, 6.07) is 18.7. The van der Waals surface area contributed by atoms with Crippen molar-refractivity contribution in [3.05, 3.63) is 82.9 Å². The van der Waals surface area contributed by atoms with Gasteiger partial charge in [-0.1, -0.05) is 29.8 Å². The van der Waals surface area contributed by atoms with Crippen LogP contribution in [0.5, 0.6) is 5.95 Å².